The molecule has 0 aromatic rings. The van der Waals surface area contributed by atoms with E-state index in [2.05, 4.69) is 71.8 Å². The van der Waals surface area contributed by atoms with Crippen LogP contribution in [0.5, 0.6) is 0 Å². The second-order valence-corrected chi connectivity index (χ2v) is 22.0. The van der Waals surface area contributed by atoms with Gasteiger partial charge in [0.25, 0.3) is 0 Å². The number of rotatable bonds is 9. The molecule has 0 amide bonds. The lowest BCUT2D eigenvalue weighted by atomic mass is 9.33. The van der Waals surface area contributed by atoms with Crippen LogP contribution in [-0.4, -0.2) is 52.0 Å². The summed E-state index contributed by atoms with van der Waals surface area (Å²) in [4.78, 5) is 12.0. The molecule has 5 saturated carbocycles. The molecule has 3 N–H and O–H groups in total. The topological polar surface area (TPSA) is 69.6 Å². The van der Waals surface area contributed by atoms with E-state index in [0.717, 1.165) is 45.1 Å². The van der Waals surface area contributed by atoms with Gasteiger partial charge in [-0.05, 0) is 191 Å². The summed E-state index contributed by atoms with van der Waals surface area (Å²) in [7, 11) is 0. The first-order chi connectivity index (χ1) is 24.4. The maximum absolute atomic E-state index is 14.0. The second kappa shape index (κ2) is 13.5. The first kappa shape index (κ1) is 39.1. The van der Waals surface area contributed by atoms with E-state index >= 15 is 0 Å². The molecule has 0 bridgehead atoms. The van der Waals surface area contributed by atoms with E-state index in [1.807, 2.05) is 11.8 Å². The average molecular weight is 738 g/mol. The highest BCUT2D eigenvalue weighted by Crippen LogP contribution is 2.76. The molecular formula is C46H72FNO3S. The zero-order chi connectivity index (χ0) is 37.5. The van der Waals surface area contributed by atoms with Gasteiger partial charge in [0, 0.05) is 10.8 Å². The Morgan fingerprint density at radius 3 is 2.25 bits per heavy atom. The monoisotopic (exact) mass is 738 g/mol. The van der Waals surface area contributed by atoms with Crippen molar-refractivity contribution in [1.82, 2.24) is 5.32 Å². The SMILES string of the molecule is C=C(C)[C@@H]1CC[C@]2(NCCC3(O)CCC(SC)CC3)CC[C@]3(C)[C@H](CC[C@@H]4[C@@]5(C)CC=C(C6=CC[C@@](CF)(C(=O)O)CC6)C(C)(C)[C@@H]5CC[C@]43C)[C@@H]12. The summed E-state index contributed by atoms with van der Waals surface area (Å²) in [5.41, 5.74) is 3.24. The van der Waals surface area contributed by atoms with E-state index in [0.29, 0.717) is 54.1 Å². The highest BCUT2D eigenvalue weighted by molar-refractivity contribution is 7.99. The van der Waals surface area contributed by atoms with Gasteiger partial charge in [-0.1, -0.05) is 58.9 Å². The molecule has 10 atom stereocenters. The van der Waals surface area contributed by atoms with Crippen LogP contribution in [0.3, 0.4) is 0 Å². The van der Waals surface area contributed by atoms with E-state index in [1.165, 1.54) is 68.1 Å². The predicted octanol–water partition coefficient (Wildman–Crippen LogP) is 11.1. The van der Waals surface area contributed by atoms with Gasteiger partial charge in [0.15, 0.2) is 0 Å². The first-order valence-corrected chi connectivity index (χ1v) is 22.6. The molecule has 0 spiro atoms. The van der Waals surface area contributed by atoms with Crippen molar-refractivity contribution in [2.24, 2.45) is 56.7 Å². The van der Waals surface area contributed by atoms with Crippen molar-refractivity contribution in [3.8, 4) is 0 Å². The number of thioether (sulfide) groups is 1. The average Bonchev–Trinajstić information content (AvgIpc) is 3.49. The van der Waals surface area contributed by atoms with Crippen molar-refractivity contribution in [3.05, 3.63) is 35.5 Å². The van der Waals surface area contributed by atoms with E-state index < -0.39 is 23.7 Å². The lowest BCUT2D eigenvalue weighted by Crippen LogP contribution is -2.68. The Bertz CT molecular complexity index is 1480. The fraction of sp³-hybridized carbons (Fsp3) is 0.848. The van der Waals surface area contributed by atoms with Crippen LogP contribution in [0.15, 0.2) is 35.5 Å². The summed E-state index contributed by atoms with van der Waals surface area (Å²) in [6.45, 7) is 20.1. The van der Waals surface area contributed by atoms with Gasteiger partial charge in [-0.3, -0.25) is 4.79 Å². The molecule has 0 aromatic carbocycles. The Morgan fingerprint density at radius 1 is 0.904 bits per heavy atom. The standard InChI is InChI=1S/C46H72FNO3S/c1-30(2)33-15-24-46(48-28-27-45(51)22-13-32(52-8)14-23-45)26-25-42(6)35(38(33)46)9-10-37-41(5)18-16-34(40(3,4)36(41)17-19-43(37,42)7)31-11-20-44(29-47,21-12-31)39(49)50/h11,16,32-33,35-38,48,51H,1,9-10,12-15,17-29H2,2-8H3,(H,49,50)/t32?,33-,35+,36-,37+,38+,41-,42+,43+,44+,45?,46-/m0/s1. The number of nitrogens with one attached hydrogen (secondary N) is 1. The number of allylic oxidation sites excluding steroid dienone is 5. The highest BCUT2D eigenvalue weighted by Gasteiger charge is 2.70. The number of halogens is 1. The van der Waals surface area contributed by atoms with Crippen LogP contribution < -0.4 is 5.32 Å². The van der Waals surface area contributed by atoms with Crippen molar-refractivity contribution in [2.45, 2.75) is 167 Å². The van der Waals surface area contributed by atoms with Gasteiger partial charge in [0.2, 0.25) is 0 Å². The quantitative estimate of drug-likeness (QED) is 0.206. The number of fused-ring (bicyclic) bond motifs is 7. The third kappa shape index (κ3) is 5.81. The Hall–Kier alpha value is -1.11. The number of aliphatic hydroxyl groups is 1. The summed E-state index contributed by atoms with van der Waals surface area (Å²) in [6, 6.07) is 0. The molecule has 292 valence electrons. The van der Waals surface area contributed by atoms with Crippen LogP contribution in [0.2, 0.25) is 0 Å². The van der Waals surface area contributed by atoms with Crippen LogP contribution in [0.25, 0.3) is 0 Å². The fourth-order valence-corrected chi connectivity index (χ4v) is 16.0. The normalized spacial score (nSPS) is 48.3. The minimum atomic E-state index is -1.25. The molecule has 7 aliphatic rings. The zero-order valence-electron chi connectivity index (χ0n) is 33.8. The van der Waals surface area contributed by atoms with Crippen molar-refractivity contribution < 1.29 is 19.4 Å². The molecule has 0 heterocycles. The molecule has 0 aliphatic heterocycles. The van der Waals surface area contributed by atoms with Crippen LogP contribution >= 0.6 is 11.8 Å². The number of carboxylic acids is 1. The number of carboxylic acid groups (broad SMARTS) is 1. The molecule has 7 rings (SSSR count). The number of hydrogen-bond acceptors (Lipinski definition) is 4. The Balaban J connectivity index is 1.13. The van der Waals surface area contributed by atoms with Crippen molar-refractivity contribution >= 4 is 17.7 Å². The van der Waals surface area contributed by atoms with Gasteiger partial charge in [0.1, 0.15) is 6.67 Å². The lowest BCUT2D eigenvalue weighted by molar-refractivity contribution is -0.221. The smallest absolute Gasteiger partial charge is 0.312 e. The van der Waals surface area contributed by atoms with Gasteiger partial charge in [-0.2, -0.15) is 11.8 Å². The Labute approximate surface area is 320 Å². The third-order valence-electron chi connectivity index (χ3n) is 18.6. The van der Waals surface area contributed by atoms with E-state index in [4.69, 9.17) is 0 Å². The number of aliphatic carboxylic acids is 1. The van der Waals surface area contributed by atoms with Gasteiger partial charge < -0.3 is 15.5 Å². The zero-order valence-corrected chi connectivity index (χ0v) is 34.7. The lowest BCUT2D eigenvalue weighted by Gasteiger charge is -2.72. The van der Waals surface area contributed by atoms with E-state index in [-0.39, 0.29) is 27.2 Å². The number of carbonyl (C=O) groups is 1. The maximum Gasteiger partial charge on any atom is 0.312 e. The molecule has 0 aromatic heterocycles. The molecule has 4 nitrogen and oxygen atoms in total. The Kier molecular flexibility index (Phi) is 10.2. The van der Waals surface area contributed by atoms with Crippen molar-refractivity contribution in [3.63, 3.8) is 0 Å². The van der Waals surface area contributed by atoms with Crippen molar-refractivity contribution in [1.29, 1.82) is 0 Å². The maximum atomic E-state index is 14.0. The van der Waals surface area contributed by atoms with Gasteiger partial charge >= 0.3 is 5.97 Å². The first-order valence-electron chi connectivity index (χ1n) is 21.3. The molecular weight excluding hydrogens is 666 g/mol. The second-order valence-electron chi connectivity index (χ2n) is 20.9. The molecule has 0 unspecified atom stereocenters. The molecule has 6 heteroatoms. The summed E-state index contributed by atoms with van der Waals surface area (Å²) in [6.07, 6.45) is 24.5. The minimum Gasteiger partial charge on any atom is -0.481 e. The van der Waals surface area contributed by atoms with Crippen LogP contribution in [-0.2, 0) is 4.79 Å². The van der Waals surface area contributed by atoms with E-state index in [9.17, 15) is 19.4 Å². The molecule has 0 radical (unpaired) electrons. The number of hydrogen-bond donors (Lipinski definition) is 3. The summed E-state index contributed by atoms with van der Waals surface area (Å²) in [5.74, 6) is 2.12. The fourth-order valence-electron chi connectivity index (χ4n) is 15.3. The molecule has 52 heavy (non-hydrogen) atoms. The van der Waals surface area contributed by atoms with Gasteiger partial charge in [-0.25, -0.2) is 4.39 Å². The van der Waals surface area contributed by atoms with E-state index in [1.54, 1.807) is 0 Å². The summed E-state index contributed by atoms with van der Waals surface area (Å²) >= 11 is 1.97. The highest BCUT2D eigenvalue weighted by atomic mass is 32.2. The summed E-state index contributed by atoms with van der Waals surface area (Å²) < 4.78 is 14.0. The van der Waals surface area contributed by atoms with Crippen LogP contribution in [0, 0.1) is 56.7 Å². The van der Waals surface area contributed by atoms with Crippen molar-refractivity contribution in [2.75, 3.05) is 19.5 Å². The van der Waals surface area contributed by atoms with Crippen LogP contribution in [0.1, 0.15) is 151 Å². The Morgan fingerprint density at radius 2 is 1.63 bits per heavy atom. The molecule has 7 aliphatic carbocycles. The minimum absolute atomic E-state index is 0.00230. The molecule has 0 saturated heterocycles. The molecule has 5 fully saturated rings. The van der Waals surface area contributed by atoms with Gasteiger partial charge in [0.05, 0.1) is 11.0 Å². The van der Waals surface area contributed by atoms with Crippen LogP contribution in [0.4, 0.5) is 4.39 Å². The number of alkyl halides is 1. The third-order valence-corrected chi connectivity index (χ3v) is 19.7. The van der Waals surface area contributed by atoms with Gasteiger partial charge in [-0.15, -0.1) is 0 Å². The summed E-state index contributed by atoms with van der Waals surface area (Å²) in [5, 5.41) is 26.4. The largest absolute Gasteiger partial charge is 0.481 e. The predicted molar refractivity (Wildman–Crippen MR) is 214 cm³/mol.